The summed E-state index contributed by atoms with van der Waals surface area (Å²) in [5.41, 5.74) is 0.961. The normalized spacial score (nSPS) is 11.3. The van der Waals surface area contributed by atoms with E-state index in [-0.39, 0.29) is 0 Å². The first kappa shape index (κ1) is 6.01. The van der Waals surface area contributed by atoms with E-state index in [4.69, 9.17) is 0 Å². The highest BCUT2D eigenvalue weighted by Crippen LogP contribution is 2.21. The predicted molar refractivity (Wildman–Crippen MR) is 44.0 cm³/mol. The molecular weight excluding hydrogens is 174 g/mol. The lowest BCUT2D eigenvalue weighted by Gasteiger charge is -1.84. The molecule has 0 N–H and O–H groups in total. The van der Waals surface area contributed by atoms with Gasteiger partial charge >= 0.3 is 0 Å². The van der Waals surface area contributed by atoms with Crippen molar-refractivity contribution in [3.63, 3.8) is 0 Å². The molecule has 0 aliphatic heterocycles. The van der Waals surface area contributed by atoms with Gasteiger partial charge in [0.2, 0.25) is 4.96 Å². The molecule has 0 aliphatic carbocycles. The topological polar surface area (TPSA) is 56.0 Å². The van der Waals surface area contributed by atoms with Crippen LogP contribution in [0.4, 0.5) is 0 Å². The molecule has 0 amide bonds. The highest BCUT2D eigenvalue weighted by Gasteiger charge is 2.05. The van der Waals surface area contributed by atoms with E-state index in [1.165, 1.54) is 0 Å². The van der Waals surface area contributed by atoms with Crippen LogP contribution in [0.1, 0.15) is 0 Å². The summed E-state index contributed by atoms with van der Waals surface area (Å²) in [5, 5.41) is 11.2. The van der Waals surface area contributed by atoms with Gasteiger partial charge in [-0.3, -0.25) is 4.98 Å². The van der Waals surface area contributed by atoms with E-state index in [1.807, 2.05) is 6.07 Å². The molecule has 0 bridgehead atoms. The van der Waals surface area contributed by atoms with Crippen LogP contribution < -0.4 is 0 Å². The fraction of sp³-hybridized carbons (Fsp3) is 0. The van der Waals surface area contributed by atoms with Gasteiger partial charge in [-0.2, -0.15) is 4.52 Å². The Labute approximate surface area is 70.7 Å². The first-order valence-corrected chi connectivity index (χ1v) is 4.17. The van der Waals surface area contributed by atoms with E-state index >= 15 is 0 Å². The van der Waals surface area contributed by atoms with Crippen molar-refractivity contribution in [1.29, 1.82) is 0 Å². The zero-order valence-corrected chi connectivity index (χ0v) is 6.69. The molecule has 3 aromatic rings. The number of aromatic nitrogens is 5. The first-order chi connectivity index (χ1) is 5.95. The minimum atomic E-state index is 0.804. The number of fused-ring (bicyclic) bond motifs is 3. The first-order valence-electron chi connectivity index (χ1n) is 3.36. The summed E-state index contributed by atoms with van der Waals surface area (Å²) in [6.07, 6.45) is 3.51. The summed E-state index contributed by atoms with van der Waals surface area (Å²) in [4.78, 5) is 4.81. The zero-order valence-electron chi connectivity index (χ0n) is 5.88. The molecule has 0 aromatic carbocycles. The molecule has 0 spiro atoms. The van der Waals surface area contributed by atoms with Crippen molar-refractivity contribution in [3.05, 3.63) is 18.5 Å². The zero-order chi connectivity index (χ0) is 7.97. The molecule has 0 unspecified atom stereocenters. The maximum absolute atomic E-state index is 4.01. The van der Waals surface area contributed by atoms with Gasteiger partial charge in [0.05, 0.1) is 10.9 Å². The fourth-order valence-corrected chi connectivity index (χ4v) is 1.98. The van der Waals surface area contributed by atoms with E-state index < -0.39 is 0 Å². The van der Waals surface area contributed by atoms with Crippen molar-refractivity contribution in [3.8, 4) is 0 Å². The third kappa shape index (κ3) is 0.620. The fourth-order valence-electron chi connectivity index (χ4n) is 1.11. The van der Waals surface area contributed by atoms with Crippen LogP contribution in [0.3, 0.4) is 0 Å². The predicted octanol–water partition coefficient (Wildman–Crippen LogP) is 0.734. The van der Waals surface area contributed by atoms with Crippen molar-refractivity contribution >= 4 is 26.5 Å². The Morgan fingerprint density at radius 3 is 3.42 bits per heavy atom. The Morgan fingerprint density at radius 2 is 2.42 bits per heavy atom. The average Bonchev–Trinajstić information content (AvgIpc) is 2.62. The third-order valence-corrected chi connectivity index (χ3v) is 2.63. The monoisotopic (exact) mass is 177 g/mol. The third-order valence-electron chi connectivity index (χ3n) is 1.63. The molecule has 58 valence electrons. The second-order valence-electron chi connectivity index (χ2n) is 2.32. The highest BCUT2D eigenvalue weighted by atomic mass is 32.1. The standard InChI is InChI=1S/C6H3N5S/c1-2-7-3-4-5(1)12-6-8-9-10-11(4)6/h1-3H. The minimum absolute atomic E-state index is 0.804. The molecule has 3 aromatic heterocycles. The van der Waals surface area contributed by atoms with Crippen molar-refractivity contribution in [2.75, 3.05) is 0 Å². The number of rotatable bonds is 0. The molecule has 0 aliphatic rings. The highest BCUT2D eigenvalue weighted by molar-refractivity contribution is 7.23. The Hall–Kier alpha value is -1.56. The Kier molecular flexibility index (Phi) is 0.991. The van der Waals surface area contributed by atoms with Crippen LogP contribution in [-0.4, -0.2) is 25.0 Å². The SMILES string of the molecule is c1cc2sc3nnnn3c2cn1. The molecule has 0 atom stereocenters. The number of hydrogen-bond donors (Lipinski definition) is 0. The molecule has 0 saturated heterocycles. The van der Waals surface area contributed by atoms with E-state index in [1.54, 1.807) is 28.2 Å². The summed E-state index contributed by atoms with van der Waals surface area (Å²) in [6, 6.07) is 1.94. The van der Waals surface area contributed by atoms with E-state index in [0.29, 0.717) is 0 Å². The van der Waals surface area contributed by atoms with Gasteiger partial charge in [0.1, 0.15) is 5.52 Å². The van der Waals surface area contributed by atoms with Crippen molar-refractivity contribution in [1.82, 2.24) is 25.0 Å². The van der Waals surface area contributed by atoms with Gasteiger partial charge in [-0.25, -0.2) is 0 Å². The van der Waals surface area contributed by atoms with Crippen LogP contribution in [-0.2, 0) is 0 Å². The van der Waals surface area contributed by atoms with Gasteiger partial charge in [0.15, 0.2) is 0 Å². The molecule has 6 heteroatoms. The van der Waals surface area contributed by atoms with E-state index in [2.05, 4.69) is 20.5 Å². The maximum atomic E-state index is 4.01. The minimum Gasteiger partial charge on any atom is -0.262 e. The summed E-state index contributed by atoms with van der Waals surface area (Å²) >= 11 is 1.56. The molecule has 12 heavy (non-hydrogen) atoms. The van der Waals surface area contributed by atoms with Gasteiger partial charge < -0.3 is 0 Å². The van der Waals surface area contributed by atoms with Crippen molar-refractivity contribution < 1.29 is 0 Å². The van der Waals surface area contributed by atoms with E-state index in [9.17, 15) is 0 Å². The lowest BCUT2D eigenvalue weighted by molar-refractivity contribution is 0.842. The number of hydrogen-bond acceptors (Lipinski definition) is 5. The quantitative estimate of drug-likeness (QED) is 0.508. The van der Waals surface area contributed by atoms with Gasteiger partial charge in [-0.1, -0.05) is 16.4 Å². The number of thiazole rings is 1. The lowest BCUT2D eigenvalue weighted by Crippen LogP contribution is -1.83. The molecule has 0 fully saturated rings. The van der Waals surface area contributed by atoms with Crippen LogP contribution in [0.2, 0.25) is 0 Å². The largest absolute Gasteiger partial charge is 0.262 e. The van der Waals surface area contributed by atoms with Gasteiger partial charge in [-0.05, 0) is 16.5 Å². The number of nitrogens with zero attached hydrogens (tertiary/aromatic N) is 5. The maximum Gasteiger partial charge on any atom is 0.235 e. The summed E-state index contributed by atoms with van der Waals surface area (Å²) < 4.78 is 2.81. The lowest BCUT2D eigenvalue weighted by atomic mass is 10.5. The number of pyridine rings is 1. The second-order valence-corrected chi connectivity index (χ2v) is 3.33. The van der Waals surface area contributed by atoms with Gasteiger partial charge in [0.25, 0.3) is 0 Å². The van der Waals surface area contributed by atoms with Crippen LogP contribution in [0.5, 0.6) is 0 Å². The summed E-state index contributed by atoms with van der Waals surface area (Å²) in [5.74, 6) is 0. The Bertz CT molecular complexity index is 538. The molecule has 5 nitrogen and oxygen atoms in total. The van der Waals surface area contributed by atoms with Crippen molar-refractivity contribution in [2.45, 2.75) is 0 Å². The van der Waals surface area contributed by atoms with E-state index in [0.717, 1.165) is 15.2 Å². The molecule has 0 radical (unpaired) electrons. The van der Waals surface area contributed by atoms with Gasteiger partial charge in [-0.15, -0.1) is 0 Å². The van der Waals surface area contributed by atoms with Gasteiger partial charge in [0, 0.05) is 6.20 Å². The average molecular weight is 177 g/mol. The smallest absolute Gasteiger partial charge is 0.235 e. The number of tetrazole rings is 1. The Balaban J connectivity index is 2.68. The van der Waals surface area contributed by atoms with Crippen LogP contribution in [0, 0.1) is 0 Å². The summed E-state index contributed by atoms with van der Waals surface area (Å²) in [7, 11) is 0. The van der Waals surface area contributed by atoms with Crippen LogP contribution >= 0.6 is 11.3 Å². The molecule has 0 saturated carbocycles. The Morgan fingerprint density at radius 1 is 1.42 bits per heavy atom. The summed E-state index contributed by atoms with van der Waals surface area (Å²) in [6.45, 7) is 0. The van der Waals surface area contributed by atoms with Crippen LogP contribution in [0.15, 0.2) is 18.5 Å². The molecule has 3 heterocycles. The molecular formula is C6H3N5S. The molecule has 3 rings (SSSR count). The second kappa shape index (κ2) is 1.98. The van der Waals surface area contributed by atoms with Crippen molar-refractivity contribution in [2.24, 2.45) is 0 Å². The van der Waals surface area contributed by atoms with Crippen LogP contribution in [0.25, 0.3) is 15.2 Å².